The minimum atomic E-state index is -0.365. The summed E-state index contributed by atoms with van der Waals surface area (Å²) >= 11 is 0. The van der Waals surface area contributed by atoms with Gasteiger partial charge in [-0.1, -0.05) is 26.8 Å². The second kappa shape index (κ2) is 4.51. The highest BCUT2D eigenvalue weighted by molar-refractivity contribution is 5.66. The Labute approximate surface area is 90.7 Å². The van der Waals surface area contributed by atoms with Gasteiger partial charge in [-0.15, -0.1) is 0 Å². The largest absolute Gasteiger partial charge is 0.395 e. The molecule has 0 bridgehead atoms. The van der Waals surface area contributed by atoms with Crippen LogP contribution in [0.5, 0.6) is 0 Å². The van der Waals surface area contributed by atoms with Crippen molar-refractivity contribution < 1.29 is 4.39 Å². The molecule has 0 aliphatic rings. The van der Waals surface area contributed by atoms with E-state index in [9.17, 15) is 4.39 Å². The van der Waals surface area contributed by atoms with Gasteiger partial charge in [0.1, 0.15) is 5.82 Å². The fourth-order valence-electron chi connectivity index (χ4n) is 1.26. The molecule has 1 aromatic carbocycles. The van der Waals surface area contributed by atoms with Gasteiger partial charge in [0.05, 0.1) is 11.4 Å². The number of para-hydroxylation sites is 1. The first kappa shape index (κ1) is 11.8. The van der Waals surface area contributed by atoms with Crippen molar-refractivity contribution in [3.8, 4) is 0 Å². The minimum Gasteiger partial charge on any atom is -0.395 e. The van der Waals surface area contributed by atoms with Crippen LogP contribution in [0.2, 0.25) is 0 Å². The molecule has 0 atom stereocenters. The summed E-state index contributed by atoms with van der Waals surface area (Å²) in [6.07, 6.45) is 1.02. The maximum atomic E-state index is 13.1. The van der Waals surface area contributed by atoms with Crippen LogP contribution in [-0.2, 0) is 0 Å². The first-order chi connectivity index (χ1) is 6.90. The molecule has 3 N–H and O–H groups in total. The zero-order valence-corrected chi connectivity index (χ0v) is 9.60. The molecule has 0 radical (unpaired) electrons. The summed E-state index contributed by atoms with van der Waals surface area (Å²) in [7, 11) is 0. The van der Waals surface area contributed by atoms with Crippen LogP contribution in [-0.4, -0.2) is 6.54 Å². The minimum absolute atomic E-state index is 0.200. The average Bonchev–Trinajstić information content (AvgIpc) is 2.10. The fourth-order valence-corrected chi connectivity index (χ4v) is 1.26. The molecule has 0 aliphatic heterocycles. The zero-order valence-electron chi connectivity index (χ0n) is 9.60. The highest BCUT2D eigenvalue weighted by Gasteiger charge is 2.10. The molecule has 1 aromatic rings. The number of rotatable bonds is 3. The maximum Gasteiger partial charge on any atom is 0.148 e. The fraction of sp³-hybridized carbons (Fsp3) is 0.500. The lowest BCUT2D eigenvalue weighted by Gasteiger charge is -2.19. The molecule has 2 nitrogen and oxygen atoms in total. The lowest BCUT2D eigenvalue weighted by Crippen LogP contribution is -2.13. The van der Waals surface area contributed by atoms with Crippen molar-refractivity contribution in [1.82, 2.24) is 0 Å². The van der Waals surface area contributed by atoms with Crippen LogP contribution in [0.3, 0.4) is 0 Å². The van der Waals surface area contributed by atoms with E-state index in [1.807, 2.05) is 0 Å². The molecule has 0 saturated heterocycles. The van der Waals surface area contributed by atoms with Gasteiger partial charge in [0.2, 0.25) is 0 Å². The molecule has 15 heavy (non-hydrogen) atoms. The molecular formula is C12H19FN2. The predicted octanol–water partition coefficient (Wildman–Crippen LogP) is 3.26. The van der Waals surface area contributed by atoms with Gasteiger partial charge < -0.3 is 11.1 Å². The molecule has 1 rings (SSSR count). The third-order valence-corrected chi connectivity index (χ3v) is 2.24. The molecule has 0 heterocycles. The Morgan fingerprint density at radius 1 is 1.33 bits per heavy atom. The Morgan fingerprint density at radius 3 is 2.60 bits per heavy atom. The molecule has 3 heteroatoms. The van der Waals surface area contributed by atoms with E-state index >= 15 is 0 Å². The summed E-state index contributed by atoms with van der Waals surface area (Å²) in [4.78, 5) is 0. The van der Waals surface area contributed by atoms with Crippen molar-refractivity contribution >= 4 is 11.4 Å². The van der Waals surface area contributed by atoms with Crippen LogP contribution >= 0.6 is 0 Å². The summed E-state index contributed by atoms with van der Waals surface area (Å²) in [5, 5.41) is 3.15. The van der Waals surface area contributed by atoms with Gasteiger partial charge in [0.25, 0.3) is 0 Å². The highest BCUT2D eigenvalue weighted by atomic mass is 19.1. The first-order valence-electron chi connectivity index (χ1n) is 5.18. The molecule has 0 spiro atoms. The van der Waals surface area contributed by atoms with Crippen LogP contribution in [0.4, 0.5) is 15.8 Å². The predicted molar refractivity (Wildman–Crippen MR) is 63.4 cm³/mol. The summed E-state index contributed by atoms with van der Waals surface area (Å²) in [5.74, 6) is -0.365. The van der Waals surface area contributed by atoms with Gasteiger partial charge in [0.15, 0.2) is 0 Å². The third kappa shape index (κ3) is 3.78. The molecule has 0 saturated carbocycles. The van der Waals surface area contributed by atoms with Crippen molar-refractivity contribution in [2.24, 2.45) is 5.41 Å². The van der Waals surface area contributed by atoms with Crippen LogP contribution in [0.15, 0.2) is 18.2 Å². The van der Waals surface area contributed by atoms with Crippen LogP contribution < -0.4 is 11.1 Å². The summed E-state index contributed by atoms with van der Waals surface area (Å²) in [5.41, 5.74) is 6.75. The average molecular weight is 210 g/mol. The number of anilines is 2. The van der Waals surface area contributed by atoms with E-state index in [4.69, 9.17) is 5.73 Å². The number of hydrogen-bond acceptors (Lipinski definition) is 2. The summed E-state index contributed by atoms with van der Waals surface area (Å²) in [6.45, 7) is 7.31. The Morgan fingerprint density at radius 2 is 2.00 bits per heavy atom. The van der Waals surface area contributed by atoms with Gasteiger partial charge in [-0.05, 0) is 24.0 Å². The first-order valence-corrected chi connectivity index (χ1v) is 5.18. The molecule has 84 valence electrons. The van der Waals surface area contributed by atoms with Crippen LogP contribution in [0, 0.1) is 11.2 Å². The number of halogens is 1. The molecule has 0 amide bonds. The van der Waals surface area contributed by atoms with Gasteiger partial charge in [0, 0.05) is 6.54 Å². The Bertz CT molecular complexity index is 329. The molecule has 0 unspecified atom stereocenters. The van der Waals surface area contributed by atoms with Crippen molar-refractivity contribution in [2.45, 2.75) is 27.2 Å². The van der Waals surface area contributed by atoms with Crippen molar-refractivity contribution in [1.29, 1.82) is 0 Å². The van der Waals surface area contributed by atoms with E-state index < -0.39 is 0 Å². The monoisotopic (exact) mass is 210 g/mol. The zero-order chi connectivity index (χ0) is 11.5. The smallest absolute Gasteiger partial charge is 0.148 e. The maximum absolute atomic E-state index is 13.1. The van der Waals surface area contributed by atoms with Crippen molar-refractivity contribution in [3.63, 3.8) is 0 Å². The molecule has 0 aliphatic carbocycles. The van der Waals surface area contributed by atoms with E-state index in [0.717, 1.165) is 13.0 Å². The second-order valence-electron chi connectivity index (χ2n) is 4.94. The quantitative estimate of drug-likeness (QED) is 0.751. The van der Waals surface area contributed by atoms with Crippen molar-refractivity contribution in [3.05, 3.63) is 24.0 Å². The van der Waals surface area contributed by atoms with Crippen LogP contribution in [0.25, 0.3) is 0 Å². The second-order valence-corrected chi connectivity index (χ2v) is 4.94. The van der Waals surface area contributed by atoms with E-state index in [1.54, 1.807) is 12.1 Å². The molecular weight excluding hydrogens is 191 g/mol. The Balaban J connectivity index is 2.55. The number of nitrogens with one attached hydrogen (secondary N) is 1. The molecule has 0 aromatic heterocycles. The number of benzene rings is 1. The van der Waals surface area contributed by atoms with E-state index in [1.165, 1.54) is 6.07 Å². The third-order valence-electron chi connectivity index (χ3n) is 2.24. The van der Waals surface area contributed by atoms with E-state index in [2.05, 4.69) is 26.1 Å². The normalized spacial score (nSPS) is 11.5. The Kier molecular flexibility index (Phi) is 3.56. The Hall–Kier alpha value is -1.25. The lowest BCUT2D eigenvalue weighted by molar-refractivity contribution is 0.390. The number of nitrogen functional groups attached to an aromatic ring is 1. The van der Waals surface area contributed by atoms with E-state index in [-0.39, 0.29) is 16.9 Å². The van der Waals surface area contributed by atoms with Gasteiger partial charge >= 0.3 is 0 Å². The van der Waals surface area contributed by atoms with Crippen LogP contribution in [0.1, 0.15) is 27.2 Å². The molecule has 0 fully saturated rings. The number of hydrogen-bond donors (Lipinski definition) is 2. The lowest BCUT2D eigenvalue weighted by atomic mass is 9.92. The SMILES string of the molecule is CC(C)(C)CCNc1cccc(F)c1N. The van der Waals surface area contributed by atoms with Gasteiger partial charge in [-0.25, -0.2) is 4.39 Å². The summed E-state index contributed by atoms with van der Waals surface area (Å²) < 4.78 is 13.1. The number of nitrogens with two attached hydrogens (primary N) is 1. The summed E-state index contributed by atoms with van der Waals surface area (Å²) in [6, 6.07) is 4.82. The highest BCUT2D eigenvalue weighted by Crippen LogP contribution is 2.23. The standard InChI is InChI=1S/C12H19FN2/c1-12(2,3)7-8-15-10-6-4-5-9(13)11(10)14/h4-6,15H,7-8,14H2,1-3H3. The van der Waals surface area contributed by atoms with Gasteiger partial charge in [-0.3, -0.25) is 0 Å². The van der Waals surface area contributed by atoms with E-state index in [0.29, 0.717) is 5.69 Å². The van der Waals surface area contributed by atoms with Gasteiger partial charge in [-0.2, -0.15) is 0 Å². The van der Waals surface area contributed by atoms with Crippen molar-refractivity contribution in [2.75, 3.05) is 17.6 Å². The topological polar surface area (TPSA) is 38.0 Å².